The molecule has 1 aromatic heterocycles. The summed E-state index contributed by atoms with van der Waals surface area (Å²) in [4.78, 5) is 4.72. The molecule has 124 valence electrons. The maximum atomic E-state index is 6.09. The fourth-order valence-corrected chi connectivity index (χ4v) is 4.08. The molecule has 0 radical (unpaired) electrons. The van der Waals surface area contributed by atoms with E-state index in [0.717, 1.165) is 48.2 Å². The number of nitrogens with zero attached hydrogens (tertiary/aromatic N) is 2. The minimum Gasteiger partial charge on any atom is -0.376 e. The number of halogens is 2. The van der Waals surface area contributed by atoms with Gasteiger partial charge in [-0.1, -0.05) is 41.0 Å². The van der Waals surface area contributed by atoms with E-state index in [-0.39, 0.29) is 0 Å². The van der Waals surface area contributed by atoms with Gasteiger partial charge in [0.25, 0.3) is 0 Å². The molecule has 3 rings (SSSR count). The van der Waals surface area contributed by atoms with Gasteiger partial charge in [0, 0.05) is 18.1 Å². The number of aromatic nitrogens is 2. The Hall–Kier alpha value is -0.680. The van der Waals surface area contributed by atoms with Gasteiger partial charge in [-0.3, -0.25) is 0 Å². The van der Waals surface area contributed by atoms with Crippen molar-refractivity contribution in [3.05, 3.63) is 45.2 Å². The van der Waals surface area contributed by atoms with Crippen molar-refractivity contribution in [1.82, 2.24) is 9.55 Å². The number of aryl methyl sites for hydroxylation is 1. The molecule has 0 bridgehead atoms. The van der Waals surface area contributed by atoms with Gasteiger partial charge in [0.05, 0.1) is 28.4 Å². The van der Waals surface area contributed by atoms with Crippen LogP contribution in [0.2, 0.25) is 10.0 Å². The molecule has 1 aromatic carbocycles. The molecule has 23 heavy (non-hydrogen) atoms. The summed E-state index contributed by atoms with van der Waals surface area (Å²) < 4.78 is 8.06. The fourth-order valence-electron chi connectivity index (χ4n) is 2.72. The van der Waals surface area contributed by atoms with Crippen LogP contribution in [0.3, 0.4) is 0 Å². The average molecular weight is 371 g/mol. The predicted molar refractivity (Wildman–Crippen MR) is 96.7 cm³/mol. The summed E-state index contributed by atoms with van der Waals surface area (Å²) in [7, 11) is 0. The largest absolute Gasteiger partial charge is 0.376 e. The first-order valence-electron chi connectivity index (χ1n) is 7.76. The lowest BCUT2D eigenvalue weighted by molar-refractivity contribution is 0.0945. The van der Waals surface area contributed by atoms with E-state index in [4.69, 9.17) is 32.9 Å². The number of rotatable bonds is 5. The van der Waals surface area contributed by atoms with Crippen molar-refractivity contribution in [3.63, 3.8) is 0 Å². The van der Waals surface area contributed by atoms with E-state index in [1.807, 2.05) is 18.2 Å². The van der Waals surface area contributed by atoms with Gasteiger partial charge in [-0.25, -0.2) is 4.98 Å². The van der Waals surface area contributed by atoms with Gasteiger partial charge in [0.2, 0.25) is 0 Å². The molecule has 0 spiro atoms. The molecule has 2 aromatic rings. The van der Waals surface area contributed by atoms with Crippen LogP contribution in [-0.4, -0.2) is 22.3 Å². The van der Waals surface area contributed by atoms with E-state index < -0.39 is 0 Å². The van der Waals surface area contributed by atoms with Gasteiger partial charge < -0.3 is 9.30 Å². The van der Waals surface area contributed by atoms with E-state index >= 15 is 0 Å². The summed E-state index contributed by atoms with van der Waals surface area (Å²) in [5, 5.41) is 2.23. The third-order valence-corrected chi connectivity index (χ3v) is 5.97. The van der Waals surface area contributed by atoms with Crippen LogP contribution in [0.15, 0.2) is 23.4 Å². The van der Waals surface area contributed by atoms with Gasteiger partial charge in [-0.05, 0) is 44.4 Å². The van der Waals surface area contributed by atoms with Gasteiger partial charge >= 0.3 is 0 Å². The number of benzene rings is 1. The van der Waals surface area contributed by atoms with Crippen LogP contribution in [0, 0.1) is 13.8 Å². The molecule has 1 aliphatic heterocycles. The average Bonchev–Trinajstić information content (AvgIpc) is 3.13. The van der Waals surface area contributed by atoms with Crippen molar-refractivity contribution >= 4 is 35.0 Å². The van der Waals surface area contributed by atoms with E-state index in [2.05, 4.69) is 18.4 Å². The smallest absolute Gasteiger partial charge is 0.168 e. The number of imidazole rings is 1. The zero-order chi connectivity index (χ0) is 16.4. The van der Waals surface area contributed by atoms with E-state index in [1.54, 1.807) is 11.8 Å². The second kappa shape index (κ2) is 7.47. The summed E-state index contributed by atoms with van der Waals surface area (Å²) in [5.41, 5.74) is 3.45. The van der Waals surface area contributed by atoms with Gasteiger partial charge in [0.1, 0.15) is 0 Å². The van der Waals surface area contributed by atoms with Crippen LogP contribution in [-0.2, 0) is 17.0 Å². The first kappa shape index (κ1) is 17.2. The highest BCUT2D eigenvalue weighted by Crippen LogP contribution is 2.29. The Morgan fingerprint density at radius 1 is 1.30 bits per heavy atom. The van der Waals surface area contributed by atoms with Crippen molar-refractivity contribution in [2.75, 3.05) is 6.61 Å². The Balaban J connectivity index is 1.73. The zero-order valence-electron chi connectivity index (χ0n) is 13.3. The number of hydrogen-bond acceptors (Lipinski definition) is 3. The van der Waals surface area contributed by atoms with Gasteiger partial charge in [-0.2, -0.15) is 0 Å². The van der Waals surface area contributed by atoms with Crippen molar-refractivity contribution in [1.29, 1.82) is 0 Å². The number of thioether (sulfide) groups is 1. The van der Waals surface area contributed by atoms with Crippen LogP contribution < -0.4 is 0 Å². The predicted octanol–water partition coefficient (Wildman–Crippen LogP) is 5.28. The minimum atomic E-state index is 0.312. The third kappa shape index (κ3) is 4.05. The molecule has 1 saturated heterocycles. The summed E-state index contributed by atoms with van der Waals surface area (Å²) in [5.74, 6) is 0.818. The summed E-state index contributed by atoms with van der Waals surface area (Å²) in [6.07, 6.45) is 2.60. The Morgan fingerprint density at radius 2 is 2.13 bits per heavy atom. The standard InChI is InChI=1S/C17H20Cl2N2OS/c1-11-12(2)21(9-14-4-3-7-22-14)17(20-11)23-10-13-5-6-15(18)16(19)8-13/h5-6,8,14H,3-4,7,9-10H2,1-2H3. The molecule has 1 fully saturated rings. The highest BCUT2D eigenvalue weighted by atomic mass is 35.5. The molecule has 3 nitrogen and oxygen atoms in total. The zero-order valence-corrected chi connectivity index (χ0v) is 15.6. The van der Waals surface area contributed by atoms with E-state index in [1.165, 1.54) is 5.69 Å². The van der Waals surface area contributed by atoms with Crippen molar-refractivity contribution < 1.29 is 4.74 Å². The molecule has 0 aliphatic carbocycles. The molecule has 0 saturated carbocycles. The van der Waals surface area contributed by atoms with Crippen molar-refractivity contribution in [2.45, 2.75) is 50.2 Å². The van der Waals surface area contributed by atoms with Gasteiger partial charge in [0.15, 0.2) is 5.16 Å². The van der Waals surface area contributed by atoms with E-state index in [0.29, 0.717) is 16.1 Å². The second-order valence-corrected chi connectivity index (χ2v) is 7.60. The summed E-state index contributed by atoms with van der Waals surface area (Å²) in [6.45, 7) is 5.95. The lowest BCUT2D eigenvalue weighted by Crippen LogP contribution is -2.16. The fraction of sp³-hybridized carbons (Fsp3) is 0.471. The number of ether oxygens (including phenoxy) is 1. The highest BCUT2D eigenvalue weighted by Gasteiger charge is 2.20. The summed E-state index contributed by atoms with van der Waals surface area (Å²) in [6, 6.07) is 5.77. The second-order valence-electron chi connectivity index (χ2n) is 5.85. The Bertz CT molecular complexity index is 696. The molecule has 1 unspecified atom stereocenters. The Labute approximate surface area is 151 Å². The Morgan fingerprint density at radius 3 is 2.83 bits per heavy atom. The molecule has 0 N–H and O–H groups in total. The van der Waals surface area contributed by atoms with Crippen LogP contribution in [0.5, 0.6) is 0 Å². The van der Waals surface area contributed by atoms with Crippen molar-refractivity contribution in [3.8, 4) is 0 Å². The molecule has 2 heterocycles. The lowest BCUT2D eigenvalue weighted by Gasteiger charge is -2.14. The minimum absolute atomic E-state index is 0.312. The molecule has 6 heteroatoms. The Kier molecular flexibility index (Phi) is 5.57. The number of hydrogen-bond donors (Lipinski definition) is 0. The first-order chi connectivity index (χ1) is 11.0. The summed E-state index contributed by atoms with van der Waals surface area (Å²) >= 11 is 13.8. The van der Waals surface area contributed by atoms with Crippen molar-refractivity contribution in [2.24, 2.45) is 0 Å². The topological polar surface area (TPSA) is 27.1 Å². The van der Waals surface area contributed by atoms with Crippen LogP contribution in [0.1, 0.15) is 29.8 Å². The monoisotopic (exact) mass is 370 g/mol. The van der Waals surface area contributed by atoms with Crippen LogP contribution in [0.4, 0.5) is 0 Å². The third-order valence-electron chi connectivity index (χ3n) is 4.18. The maximum absolute atomic E-state index is 6.09. The first-order valence-corrected chi connectivity index (χ1v) is 9.51. The molecular weight excluding hydrogens is 351 g/mol. The quantitative estimate of drug-likeness (QED) is 0.670. The van der Waals surface area contributed by atoms with Gasteiger partial charge in [-0.15, -0.1) is 0 Å². The molecule has 1 aliphatic rings. The normalized spacial score (nSPS) is 17.8. The molecule has 0 amide bonds. The molecular formula is C17H20Cl2N2OS. The lowest BCUT2D eigenvalue weighted by atomic mass is 10.2. The SMILES string of the molecule is Cc1nc(SCc2ccc(Cl)c(Cl)c2)n(CC2CCCO2)c1C. The van der Waals surface area contributed by atoms with Crippen LogP contribution >= 0.6 is 35.0 Å². The van der Waals surface area contributed by atoms with Crippen LogP contribution in [0.25, 0.3) is 0 Å². The highest BCUT2D eigenvalue weighted by molar-refractivity contribution is 7.98. The van der Waals surface area contributed by atoms with E-state index in [9.17, 15) is 0 Å². The molecule has 1 atom stereocenters. The maximum Gasteiger partial charge on any atom is 0.168 e.